The first-order valence-corrected chi connectivity index (χ1v) is 6.40. The van der Waals surface area contributed by atoms with Gasteiger partial charge in [-0.2, -0.15) is 0 Å². The third-order valence-electron chi connectivity index (χ3n) is 3.02. The van der Waals surface area contributed by atoms with Gasteiger partial charge in [-0.3, -0.25) is 0 Å². The van der Waals surface area contributed by atoms with Crippen LogP contribution in [0, 0.1) is 0 Å². The second-order valence-electron chi connectivity index (χ2n) is 4.35. The average Bonchev–Trinajstić information content (AvgIpc) is 2.49. The van der Waals surface area contributed by atoms with Crippen molar-refractivity contribution in [1.82, 2.24) is 0 Å². The van der Waals surface area contributed by atoms with E-state index in [1.54, 1.807) is 18.2 Å². The lowest BCUT2D eigenvalue weighted by Crippen LogP contribution is -2.04. The van der Waals surface area contributed by atoms with E-state index in [-0.39, 0.29) is 11.9 Å². The minimum Gasteiger partial charge on any atom is -0.504 e. The molecule has 0 heterocycles. The molecule has 104 valence electrons. The van der Waals surface area contributed by atoms with Crippen LogP contribution in [0.5, 0.6) is 11.5 Å². The van der Waals surface area contributed by atoms with E-state index in [0.717, 1.165) is 11.1 Å². The van der Waals surface area contributed by atoms with E-state index < -0.39 is 0 Å². The lowest BCUT2D eigenvalue weighted by atomic mass is 10.1. The van der Waals surface area contributed by atoms with E-state index >= 15 is 0 Å². The first-order valence-electron chi connectivity index (χ1n) is 6.40. The zero-order valence-corrected chi connectivity index (χ0v) is 11.5. The highest BCUT2D eigenvalue weighted by molar-refractivity contribution is 5.47. The maximum atomic E-state index is 9.81. The summed E-state index contributed by atoms with van der Waals surface area (Å²) in [5, 5.41) is 9.81. The van der Waals surface area contributed by atoms with E-state index in [9.17, 15) is 5.11 Å². The smallest absolute Gasteiger partial charge is 0.166 e. The van der Waals surface area contributed by atoms with Gasteiger partial charge in [0.1, 0.15) is 6.10 Å². The molecule has 3 heteroatoms. The lowest BCUT2D eigenvalue weighted by Gasteiger charge is -2.18. The van der Waals surface area contributed by atoms with E-state index in [2.05, 4.69) is 6.58 Å². The Labute approximate surface area is 119 Å². The second kappa shape index (κ2) is 6.78. The number of methoxy groups -OCH3 is 1. The summed E-state index contributed by atoms with van der Waals surface area (Å²) in [4.78, 5) is 0. The highest BCUT2D eigenvalue weighted by Gasteiger charge is 2.16. The number of aromatic hydroxyl groups is 1. The van der Waals surface area contributed by atoms with E-state index in [0.29, 0.717) is 12.4 Å². The molecule has 0 spiro atoms. The fraction of sp³-hybridized carbons (Fsp3) is 0.176. The molecule has 1 atom stereocenters. The Hall–Kier alpha value is -2.26. The van der Waals surface area contributed by atoms with Crippen molar-refractivity contribution < 1.29 is 14.6 Å². The number of phenols is 1. The maximum absolute atomic E-state index is 9.81. The SMILES string of the molecule is C=C[C@@H](OCc1ccccc1)c1cccc(O)c1OC. The van der Waals surface area contributed by atoms with Gasteiger partial charge < -0.3 is 14.6 Å². The number of hydrogen-bond donors (Lipinski definition) is 1. The molecule has 20 heavy (non-hydrogen) atoms. The molecule has 0 saturated heterocycles. The van der Waals surface area contributed by atoms with Gasteiger partial charge in [0.2, 0.25) is 0 Å². The summed E-state index contributed by atoms with van der Waals surface area (Å²) in [6.07, 6.45) is 1.36. The predicted octanol–water partition coefficient (Wildman–Crippen LogP) is 3.84. The van der Waals surface area contributed by atoms with Crippen molar-refractivity contribution >= 4 is 0 Å². The topological polar surface area (TPSA) is 38.7 Å². The molecule has 1 N–H and O–H groups in total. The summed E-state index contributed by atoms with van der Waals surface area (Å²) in [7, 11) is 1.52. The number of hydrogen-bond acceptors (Lipinski definition) is 3. The molecule has 2 rings (SSSR count). The van der Waals surface area contributed by atoms with Crippen LogP contribution < -0.4 is 4.74 Å². The summed E-state index contributed by atoms with van der Waals surface area (Å²) in [6, 6.07) is 15.1. The molecule has 0 bridgehead atoms. The van der Waals surface area contributed by atoms with Gasteiger partial charge in [-0.05, 0) is 11.6 Å². The van der Waals surface area contributed by atoms with Gasteiger partial charge in [0.05, 0.1) is 13.7 Å². The van der Waals surface area contributed by atoms with Gasteiger partial charge in [0.25, 0.3) is 0 Å². The van der Waals surface area contributed by atoms with Gasteiger partial charge in [0, 0.05) is 5.56 Å². The highest BCUT2D eigenvalue weighted by Crippen LogP contribution is 2.35. The van der Waals surface area contributed by atoms with Crippen LogP contribution >= 0.6 is 0 Å². The van der Waals surface area contributed by atoms with Crippen molar-refractivity contribution in [2.45, 2.75) is 12.7 Å². The third-order valence-corrected chi connectivity index (χ3v) is 3.02. The standard InChI is InChI=1S/C17H18O3/c1-3-16(20-12-13-8-5-4-6-9-13)14-10-7-11-15(18)17(14)19-2/h3-11,16,18H,1,12H2,2H3/t16-/m1/s1. The lowest BCUT2D eigenvalue weighted by molar-refractivity contribution is 0.0701. The van der Waals surface area contributed by atoms with E-state index in [4.69, 9.17) is 9.47 Å². The number of phenolic OH excluding ortho intramolecular Hbond substituents is 1. The number of rotatable bonds is 6. The fourth-order valence-corrected chi connectivity index (χ4v) is 2.03. The Kier molecular flexibility index (Phi) is 4.80. The maximum Gasteiger partial charge on any atom is 0.166 e. The van der Waals surface area contributed by atoms with Gasteiger partial charge >= 0.3 is 0 Å². The summed E-state index contributed by atoms with van der Waals surface area (Å²) < 4.78 is 11.1. The molecule has 2 aromatic carbocycles. The van der Waals surface area contributed by atoms with Crippen LogP contribution in [-0.4, -0.2) is 12.2 Å². The normalized spacial score (nSPS) is 11.8. The van der Waals surface area contributed by atoms with Crippen molar-refractivity contribution in [1.29, 1.82) is 0 Å². The third kappa shape index (κ3) is 3.19. The van der Waals surface area contributed by atoms with Gasteiger partial charge in [0.15, 0.2) is 11.5 Å². The zero-order valence-electron chi connectivity index (χ0n) is 11.5. The Bertz CT molecular complexity index is 564. The van der Waals surface area contributed by atoms with E-state index in [1.165, 1.54) is 7.11 Å². The molecule has 2 aromatic rings. The van der Waals surface area contributed by atoms with Crippen molar-refractivity contribution in [3.8, 4) is 11.5 Å². The van der Waals surface area contributed by atoms with Crippen molar-refractivity contribution in [2.75, 3.05) is 7.11 Å². The van der Waals surface area contributed by atoms with Crippen molar-refractivity contribution in [2.24, 2.45) is 0 Å². The van der Waals surface area contributed by atoms with Crippen LogP contribution in [0.4, 0.5) is 0 Å². The van der Waals surface area contributed by atoms with Crippen LogP contribution in [0.15, 0.2) is 61.2 Å². The van der Waals surface area contributed by atoms with Crippen LogP contribution in [0.1, 0.15) is 17.2 Å². The first-order chi connectivity index (χ1) is 9.76. The Morgan fingerprint density at radius 2 is 1.90 bits per heavy atom. The first kappa shape index (κ1) is 14.2. The fourth-order valence-electron chi connectivity index (χ4n) is 2.03. The van der Waals surface area contributed by atoms with Gasteiger partial charge in [-0.25, -0.2) is 0 Å². The molecule has 0 amide bonds. The predicted molar refractivity (Wildman–Crippen MR) is 78.8 cm³/mol. The average molecular weight is 270 g/mol. The molecule has 0 aliphatic heterocycles. The number of benzene rings is 2. The van der Waals surface area contributed by atoms with Crippen LogP contribution in [0.25, 0.3) is 0 Å². The minimum atomic E-state index is -0.336. The number of para-hydroxylation sites is 1. The quantitative estimate of drug-likeness (QED) is 0.810. The molecular weight excluding hydrogens is 252 g/mol. The summed E-state index contributed by atoms with van der Waals surface area (Å²) in [5.41, 5.74) is 1.84. The highest BCUT2D eigenvalue weighted by atomic mass is 16.5. The molecule has 0 aliphatic carbocycles. The summed E-state index contributed by atoms with van der Waals surface area (Å²) in [6.45, 7) is 4.26. The zero-order chi connectivity index (χ0) is 14.4. The summed E-state index contributed by atoms with van der Waals surface area (Å²) in [5.74, 6) is 0.519. The van der Waals surface area contributed by atoms with Crippen LogP contribution in [-0.2, 0) is 11.3 Å². The Morgan fingerprint density at radius 3 is 2.55 bits per heavy atom. The monoisotopic (exact) mass is 270 g/mol. The number of ether oxygens (including phenoxy) is 2. The molecular formula is C17H18O3. The molecule has 0 aliphatic rings. The molecule has 0 aromatic heterocycles. The van der Waals surface area contributed by atoms with Crippen molar-refractivity contribution in [3.63, 3.8) is 0 Å². The second-order valence-corrected chi connectivity index (χ2v) is 4.35. The molecule has 0 unspecified atom stereocenters. The molecule has 0 saturated carbocycles. The molecule has 0 fully saturated rings. The van der Waals surface area contributed by atoms with Gasteiger partial charge in [-0.1, -0.05) is 48.5 Å². The van der Waals surface area contributed by atoms with Gasteiger partial charge in [-0.15, -0.1) is 6.58 Å². The molecule has 0 radical (unpaired) electrons. The Balaban J connectivity index is 2.16. The van der Waals surface area contributed by atoms with Crippen molar-refractivity contribution in [3.05, 3.63) is 72.3 Å². The Morgan fingerprint density at radius 1 is 1.15 bits per heavy atom. The van der Waals surface area contributed by atoms with Crippen LogP contribution in [0.2, 0.25) is 0 Å². The molecule has 3 nitrogen and oxygen atoms in total. The summed E-state index contributed by atoms with van der Waals surface area (Å²) >= 11 is 0. The van der Waals surface area contributed by atoms with E-state index in [1.807, 2.05) is 36.4 Å². The minimum absolute atomic E-state index is 0.0974. The largest absolute Gasteiger partial charge is 0.504 e. The van der Waals surface area contributed by atoms with Crippen LogP contribution in [0.3, 0.4) is 0 Å².